The van der Waals surface area contributed by atoms with Crippen molar-refractivity contribution in [1.29, 1.82) is 0 Å². The van der Waals surface area contributed by atoms with E-state index >= 15 is 0 Å². The fraction of sp³-hybridized carbons (Fsp3) is 0.600. The highest BCUT2D eigenvalue weighted by Crippen LogP contribution is 2.28. The van der Waals surface area contributed by atoms with E-state index < -0.39 is 0 Å². The van der Waals surface area contributed by atoms with E-state index in [1.807, 2.05) is 19.1 Å². The quantitative estimate of drug-likeness (QED) is 0.873. The minimum absolute atomic E-state index is 0.156. The van der Waals surface area contributed by atoms with E-state index in [0.717, 1.165) is 18.7 Å². The van der Waals surface area contributed by atoms with E-state index in [-0.39, 0.29) is 5.54 Å². The molecular formula is C15H24ClNO. The molecule has 0 unspecified atom stereocenters. The maximum atomic E-state index is 6.20. The highest BCUT2D eigenvalue weighted by molar-refractivity contribution is 6.32. The summed E-state index contributed by atoms with van der Waals surface area (Å²) >= 11 is 6.20. The number of ether oxygens (including phenoxy) is 1. The normalized spacial score (nSPS) is 11.7. The zero-order chi connectivity index (χ0) is 13.8. The molecule has 3 heteroatoms. The van der Waals surface area contributed by atoms with Gasteiger partial charge in [-0.3, -0.25) is 0 Å². The van der Waals surface area contributed by atoms with Crippen molar-refractivity contribution >= 4 is 11.6 Å². The van der Waals surface area contributed by atoms with Crippen molar-refractivity contribution < 1.29 is 4.74 Å². The lowest BCUT2D eigenvalue weighted by Crippen LogP contribution is -2.37. The van der Waals surface area contributed by atoms with Gasteiger partial charge in [0, 0.05) is 5.54 Å². The van der Waals surface area contributed by atoms with Gasteiger partial charge < -0.3 is 10.1 Å². The number of aryl methyl sites for hydroxylation is 1. The Hall–Kier alpha value is -0.730. The van der Waals surface area contributed by atoms with Crippen molar-refractivity contribution in [2.75, 3.05) is 13.2 Å². The molecule has 1 aromatic rings. The summed E-state index contributed by atoms with van der Waals surface area (Å²) in [5.41, 5.74) is 2.67. The van der Waals surface area contributed by atoms with Crippen LogP contribution in [0.15, 0.2) is 12.1 Å². The molecular weight excluding hydrogens is 246 g/mol. The van der Waals surface area contributed by atoms with E-state index in [4.69, 9.17) is 16.3 Å². The molecule has 0 heterocycles. The van der Waals surface area contributed by atoms with Crippen molar-refractivity contribution in [1.82, 2.24) is 5.32 Å². The fourth-order valence-corrected chi connectivity index (χ4v) is 2.04. The molecule has 0 fully saturated rings. The lowest BCUT2D eigenvalue weighted by molar-refractivity contribution is 0.340. The van der Waals surface area contributed by atoms with Crippen LogP contribution in [0.1, 0.15) is 38.8 Å². The van der Waals surface area contributed by atoms with Crippen LogP contribution < -0.4 is 10.1 Å². The predicted molar refractivity (Wildman–Crippen MR) is 78.8 cm³/mol. The summed E-state index contributed by atoms with van der Waals surface area (Å²) < 4.78 is 5.48. The average Bonchev–Trinajstić information content (AvgIpc) is 2.23. The second-order valence-electron chi connectivity index (χ2n) is 5.57. The first-order valence-corrected chi connectivity index (χ1v) is 6.88. The molecule has 0 bridgehead atoms. The maximum Gasteiger partial charge on any atom is 0.138 e. The zero-order valence-electron chi connectivity index (χ0n) is 12.1. The van der Waals surface area contributed by atoms with Gasteiger partial charge in [0.15, 0.2) is 0 Å². The third-order valence-corrected chi connectivity index (χ3v) is 3.04. The molecule has 0 spiro atoms. The Morgan fingerprint density at radius 2 is 1.94 bits per heavy atom. The van der Waals surface area contributed by atoms with Crippen molar-refractivity contribution in [2.45, 2.75) is 46.6 Å². The molecule has 1 aromatic carbocycles. The van der Waals surface area contributed by atoms with Crippen LogP contribution in [0.5, 0.6) is 5.75 Å². The van der Waals surface area contributed by atoms with Crippen LogP contribution in [0.3, 0.4) is 0 Å². The topological polar surface area (TPSA) is 21.3 Å². The summed E-state index contributed by atoms with van der Waals surface area (Å²) in [6, 6.07) is 4.05. The number of benzene rings is 1. The van der Waals surface area contributed by atoms with Crippen LogP contribution in [-0.2, 0) is 6.42 Å². The molecule has 0 aromatic heterocycles. The van der Waals surface area contributed by atoms with Gasteiger partial charge >= 0.3 is 0 Å². The molecule has 102 valence electrons. The number of rotatable bonds is 5. The zero-order valence-corrected chi connectivity index (χ0v) is 12.8. The first kappa shape index (κ1) is 15.3. The Labute approximate surface area is 116 Å². The Balaban J connectivity index is 2.70. The molecule has 0 radical (unpaired) electrons. The highest BCUT2D eigenvalue weighted by atomic mass is 35.5. The van der Waals surface area contributed by atoms with Crippen molar-refractivity contribution in [3.8, 4) is 5.75 Å². The molecule has 0 aliphatic rings. The van der Waals surface area contributed by atoms with Gasteiger partial charge in [0.25, 0.3) is 0 Å². The van der Waals surface area contributed by atoms with Crippen LogP contribution in [0.4, 0.5) is 0 Å². The first-order chi connectivity index (χ1) is 8.33. The van der Waals surface area contributed by atoms with Gasteiger partial charge in [-0.05, 0) is 70.8 Å². The lowest BCUT2D eigenvalue weighted by atomic mass is 10.0. The molecule has 0 saturated heterocycles. The van der Waals surface area contributed by atoms with Crippen molar-refractivity contribution in [2.24, 2.45) is 0 Å². The molecule has 0 saturated carbocycles. The summed E-state index contributed by atoms with van der Waals surface area (Å²) in [6.45, 7) is 12.2. The molecule has 0 atom stereocenters. The minimum Gasteiger partial charge on any atom is -0.492 e. The predicted octanol–water partition coefficient (Wildman–Crippen LogP) is 3.98. The molecule has 1 rings (SSSR count). The third kappa shape index (κ3) is 4.87. The molecule has 0 aliphatic carbocycles. The van der Waals surface area contributed by atoms with Crippen LogP contribution in [0.25, 0.3) is 0 Å². The highest BCUT2D eigenvalue weighted by Gasteiger charge is 2.10. The van der Waals surface area contributed by atoms with Gasteiger partial charge in [-0.1, -0.05) is 11.6 Å². The fourth-order valence-electron chi connectivity index (χ4n) is 1.80. The smallest absolute Gasteiger partial charge is 0.138 e. The number of nitrogens with one attached hydrogen (secondary N) is 1. The second kappa shape index (κ2) is 6.44. The standard InChI is InChI=1S/C15H24ClNO/c1-6-18-14-9-11(2)12(10-13(14)16)7-8-17-15(3,4)5/h9-10,17H,6-8H2,1-5H3. The molecule has 0 amide bonds. The maximum absolute atomic E-state index is 6.20. The summed E-state index contributed by atoms with van der Waals surface area (Å²) in [4.78, 5) is 0. The summed E-state index contributed by atoms with van der Waals surface area (Å²) in [5, 5.41) is 4.18. The molecule has 0 aliphatic heterocycles. The Morgan fingerprint density at radius 1 is 1.28 bits per heavy atom. The van der Waals surface area contributed by atoms with Gasteiger partial charge in [0.05, 0.1) is 11.6 Å². The van der Waals surface area contributed by atoms with Gasteiger partial charge in [0.1, 0.15) is 5.75 Å². The minimum atomic E-state index is 0.156. The number of halogens is 1. The average molecular weight is 270 g/mol. The monoisotopic (exact) mass is 269 g/mol. The molecule has 2 nitrogen and oxygen atoms in total. The van der Waals surface area contributed by atoms with E-state index in [9.17, 15) is 0 Å². The number of hydrogen-bond acceptors (Lipinski definition) is 2. The van der Waals surface area contributed by atoms with Crippen LogP contribution in [-0.4, -0.2) is 18.7 Å². The van der Waals surface area contributed by atoms with Crippen LogP contribution >= 0.6 is 11.6 Å². The van der Waals surface area contributed by atoms with E-state index in [2.05, 4.69) is 33.0 Å². The summed E-state index contributed by atoms with van der Waals surface area (Å²) in [7, 11) is 0. The SMILES string of the molecule is CCOc1cc(C)c(CCNC(C)(C)C)cc1Cl. The lowest BCUT2D eigenvalue weighted by Gasteiger charge is -2.21. The van der Waals surface area contributed by atoms with Gasteiger partial charge in [-0.25, -0.2) is 0 Å². The van der Waals surface area contributed by atoms with E-state index in [1.54, 1.807) is 0 Å². The van der Waals surface area contributed by atoms with Gasteiger partial charge in [0.2, 0.25) is 0 Å². The largest absolute Gasteiger partial charge is 0.492 e. The molecule has 18 heavy (non-hydrogen) atoms. The Bertz CT molecular complexity index is 396. The summed E-state index contributed by atoms with van der Waals surface area (Å²) in [6.07, 6.45) is 0.981. The first-order valence-electron chi connectivity index (χ1n) is 6.50. The van der Waals surface area contributed by atoms with Crippen LogP contribution in [0.2, 0.25) is 5.02 Å². The van der Waals surface area contributed by atoms with Crippen molar-refractivity contribution in [3.63, 3.8) is 0 Å². The Morgan fingerprint density at radius 3 is 2.50 bits per heavy atom. The van der Waals surface area contributed by atoms with E-state index in [0.29, 0.717) is 11.6 Å². The third-order valence-electron chi connectivity index (χ3n) is 2.74. The van der Waals surface area contributed by atoms with Gasteiger partial charge in [-0.2, -0.15) is 0 Å². The second-order valence-corrected chi connectivity index (χ2v) is 5.98. The van der Waals surface area contributed by atoms with Crippen molar-refractivity contribution in [3.05, 3.63) is 28.3 Å². The van der Waals surface area contributed by atoms with E-state index in [1.165, 1.54) is 11.1 Å². The van der Waals surface area contributed by atoms with Crippen LogP contribution in [0, 0.1) is 6.92 Å². The van der Waals surface area contributed by atoms with Gasteiger partial charge in [-0.15, -0.1) is 0 Å². The summed E-state index contributed by atoms with van der Waals surface area (Å²) in [5.74, 6) is 0.782. The number of hydrogen-bond donors (Lipinski definition) is 1. The molecule has 1 N–H and O–H groups in total. The Kier molecular flexibility index (Phi) is 5.48.